The zero-order valence-corrected chi connectivity index (χ0v) is 12.2. The third-order valence-corrected chi connectivity index (χ3v) is 3.29. The van der Waals surface area contributed by atoms with E-state index in [-0.39, 0.29) is 11.8 Å². The lowest BCUT2D eigenvalue weighted by Gasteiger charge is -2.13. The van der Waals surface area contributed by atoms with Gasteiger partial charge in [0, 0.05) is 31.4 Å². The number of anilines is 1. The summed E-state index contributed by atoms with van der Waals surface area (Å²) in [6, 6.07) is 5.85. The molecule has 2 N–H and O–H groups in total. The molecule has 0 heterocycles. The normalized spacial score (nSPS) is 13.9. The fourth-order valence-corrected chi connectivity index (χ4v) is 1.87. The van der Waals surface area contributed by atoms with Gasteiger partial charge in [0.2, 0.25) is 5.91 Å². The summed E-state index contributed by atoms with van der Waals surface area (Å²) >= 11 is 0. The second-order valence-electron chi connectivity index (χ2n) is 5.43. The van der Waals surface area contributed by atoms with Crippen molar-refractivity contribution < 1.29 is 9.59 Å². The van der Waals surface area contributed by atoms with E-state index in [9.17, 15) is 9.59 Å². The van der Waals surface area contributed by atoms with E-state index in [1.165, 1.54) is 4.90 Å². The molecule has 2 amide bonds. The molecule has 5 heteroatoms. The van der Waals surface area contributed by atoms with E-state index in [1.54, 1.807) is 26.2 Å². The molecule has 0 unspecified atom stereocenters. The van der Waals surface area contributed by atoms with Gasteiger partial charge in [-0.3, -0.25) is 9.59 Å². The number of carbonyl (C=O) groups excluding carboxylic acids is 2. The van der Waals surface area contributed by atoms with Gasteiger partial charge in [0.1, 0.15) is 0 Å². The Kier molecular flexibility index (Phi) is 4.39. The molecule has 1 saturated carbocycles. The minimum Gasteiger partial charge on any atom is -0.345 e. The number of nitrogens with one attached hydrogen (secondary N) is 2. The standard InChI is InChI=1S/C15H21N3O2/c1-10-4-5-11(15(20)18(2)3)8-13(10)17-14(19)9-16-12-6-7-12/h4-5,8,12,16H,6-7,9H2,1-3H3,(H,17,19). The van der Waals surface area contributed by atoms with Crippen molar-refractivity contribution in [1.29, 1.82) is 0 Å². The molecule has 0 radical (unpaired) electrons. The first-order valence-electron chi connectivity index (χ1n) is 6.83. The average Bonchev–Trinajstić information content (AvgIpc) is 3.22. The Morgan fingerprint density at radius 1 is 1.30 bits per heavy atom. The summed E-state index contributed by atoms with van der Waals surface area (Å²) in [5.41, 5.74) is 2.21. The van der Waals surface area contributed by atoms with E-state index in [0.717, 1.165) is 18.4 Å². The van der Waals surface area contributed by atoms with Gasteiger partial charge in [-0.25, -0.2) is 0 Å². The summed E-state index contributed by atoms with van der Waals surface area (Å²) in [5.74, 6) is -0.147. The molecule has 0 spiro atoms. The number of hydrogen-bond acceptors (Lipinski definition) is 3. The quantitative estimate of drug-likeness (QED) is 0.853. The van der Waals surface area contributed by atoms with Gasteiger partial charge in [0.05, 0.1) is 6.54 Å². The van der Waals surface area contributed by atoms with Gasteiger partial charge >= 0.3 is 0 Å². The molecule has 1 fully saturated rings. The Morgan fingerprint density at radius 3 is 2.60 bits per heavy atom. The van der Waals surface area contributed by atoms with Crippen molar-refractivity contribution >= 4 is 17.5 Å². The Labute approximate surface area is 119 Å². The van der Waals surface area contributed by atoms with Gasteiger partial charge < -0.3 is 15.5 Å². The number of benzene rings is 1. The SMILES string of the molecule is Cc1ccc(C(=O)N(C)C)cc1NC(=O)CNC1CC1. The summed E-state index contributed by atoms with van der Waals surface area (Å²) in [6.45, 7) is 2.23. The summed E-state index contributed by atoms with van der Waals surface area (Å²) in [6.07, 6.45) is 2.30. The van der Waals surface area contributed by atoms with Crippen LogP contribution in [0.2, 0.25) is 0 Å². The Hall–Kier alpha value is -1.88. The van der Waals surface area contributed by atoms with Crippen LogP contribution in [-0.2, 0) is 4.79 Å². The largest absolute Gasteiger partial charge is 0.345 e. The van der Waals surface area contributed by atoms with Crippen LogP contribution >= 0.6 is 0 Å². The highest BCUT2D eigenvalue weighted by molar-refractivity contribution is 5.98. The predicted molar refractivity (Wildman–Crippen MR) is 78.9 cm³/mol. The van der Waals surface area contributed by atoms with Crippen molar-refractivity contribution in [3.05, 3.63) is 29.3 Å². The molecule has 0 aromatic heterocycles. The lowest BCUT2D eigenvalue weighted by Crippen LogP contribution is -2.29. The van der Waals surface area contributed by atoms with E-state index in [2.05, 4.69) is 10.6 Å². The molecule has 1 aliphatic rings. The summed E-state index contributed by atoms with van der Waals surface area (Å²) < 4.78 is 0. The number of hydrogen-bond donors (Lipinski definition) is 2. The van der Waals surface area contributed by atoms with Crippen LogP contribution in [0, 0.1) is 6.92 Å². The highest BCUT2D eigenvalue weighted by atomic mass is 16.2. The van der Waals surface area contributed by atoms with Crippen LogP contribution in [0.5, 0.6) is 0 Å². The highest BCUT2D eigenvalue weighted by Crippen LogP contribution is 2.19. The zero-order chi connectivity index (χ0) is 14.7. The van der Waals surface area contributed by atoms with Gasteiger partial charge in [-0.2, -0.15) is 0 Å². The van der Waals surface area contributed by atoms with Crippen molar-refractivity contribution in [2.45, 2.75) is 25.8 Å². The molecule has 0 aliphatic heterocycles. The van der Waals surface area contributed by atoms with Crippen LogP contribution < -0.4 is 10.6 Å². The van der Waals surface area contributed by atoms with E-state index in [4.69, 9.17) is 0 Å². The van der Waals surface area contributed by atoms with Gasteiger partial charge in [-0.05, 0) is 37.5 Å². The molecule has 5 nitrogen and oxygen atoms in total. The molecule has 108 valence electrons. The number of amides is 2. The highest BCUT2D eigenvalue weighted by Gasteiger charge is 2.21. The number of nitrogens with zero attached hydrogens (tertiary/aromatic N) is 1. The van der Waals surface area contributed by atoms with E-state index in [1.807, 2.05) is 13.0 Å². The first kappa shape index (κ1) is 14.5. The molecule has 1 aromatic rings. The second-order valence-corrected chi connectivity index (χ2v) is 5.43. The molecule has 0 bridgehead atoms. The molecule has 20 heavy (non-hydrogen) atoms. The van der Waals surface area contributed by atoms with Crippen LogP contribution in [0.1, 0.15) is 28.8 Å². The van der Waals surface area contributed by atoms with Crippen LogP contribution in [0.4, 0.5) is 5.69 Å². The van der Waals surface area contributed by atoms with Crippen LogP contribution in [0.25, 0.3) is 0 Å². The minimum atomic E-state index is -0.0746. The van der Waals surface area contributed by atoms with Crippen molar-refractivity contribution in [3.63, 3.8) is 0 Å². The number of aryl methyl sites for hydroxylation is 1. The van der Waals surface area contributed by atoms with E-state index < -0.39 is 0 Å². The van der Waals surface area contributed by atoms with Crippen molar-refractivity contribution in [1.82, 2.24) is 10.2 Å². The maximum Gasteiger partial charge on any atom is 0.253 e. The van der Waals surface area contributed by atoms with Crippen LogP contribution in [0.3, 0.4) is 0 Å². The van der Waals surface area contributed by atoms with Gasteiger partial charge in [-0.1, -0.05) is 6.07 Å². The summed E-state index contributed by atoms with van der Waals surface area (Å²) in [4.78, 5) is 25.3. The van der Waals surface area contributed by atoms with E-state index >= 15 is 0 Å². The van der Waals surface area contributed by atoms with Crippen molar-refractivity contribution in [2.75, 3.05) is 26.0 Å². The van der Waals surface area contributed by atoms with Crippen LogP contribution in [-0.4, -0.2) is 43.4 Å². The maximum absolute atomic E-state index is 11.9. The Bertz CT molecular complexity index is 522. The Balaban J connectivity index is 2.03. The van der Waals surface area contributed by atoms with Gasteiger partial charge in [0.15, 0.2) is 0 Å². The third kappa shape index (κ3) is 3.81. The summed E-state index contributed by atoms with van der Waals surface area (Å²) in [5, 5.41) is 6.02. The van der Waals surface area contributed by atoms with Crippen LogP contribution in [0.15, 0.2) is 18.2 Å². The molecule has 1 aromatic carbocycles. The lowest BCUT2D eigenvalue weighted by atomic mass is 10.1. The molecule has 0 saturated heterocycles. The van der Waals surface area contributed by atoms with Gasteiger partial charge in [-0.15, -0.1) is 0 Å². The fraction of sp³-hybridized carbons (Fsp3) is 0.467. The first-order valence-corrected chi connectivity index (χ1v) is 6.83. The second kappa shape index (κ2) is 6.05. The molecular formula is C15H21N3O2. The smallest absolute Gasteiger partial charge is 0.253 e. The average molecular weight is 275 g/mol. The number of carbonyl (C=O) groups is 2. The maximum atomic E-state index is 11.9. The number of rotatable bonds is 5. The molecule has 1 aliphatic carbocycles. The third-order valence-electron chi connectivity index (χ3n) is 3.29. The summed E-state index contributed by atoms with van der Waals surface area (Å²) in [7, 11) is 3.42. The first-order chi connectivity index (χ1) is 9.47. The molecule has 2 rings (SSSR count). The minimum absolute atomic E-state index is 0.0726. The Morgan fingerprint density at radius 2 is 2.00 bits per heavy atom. The molecule has 0 atom stereocenters. The van der Waals surface area contributed by atoms with Crippen molar-refractivity contribution in [3.8, 4) is 0 Å². The predicted octanol–water partition coefficient (Wildman–Crippen LogP) is 1.39. The fourth-order valence-electron chi connectivity index (χ4n) is 1.87. The van der Waals surface area contributed by atoms with Crippen molar-refractivity contribution in [2.24, 2.45) is 0 Å². The van der Waals surface area contributed by atoms with Gasteiger partial charge in [0.25, 0.3) is 5.91 Å². The topological polar surface area (TPSA) is 61.4 Å². The monoisotopic (exact) mass is 275 g/mol. The molecular weight excluding hydrogens is 254 g/mol. The lowest BCUT2D eigenvalue weighted by molar-refractivity contribution is -0.115. The zero-order valence-electron chi connectivity index (χ0n) is 12.2. The van der Waals surface area contributed by atoms with E-state index in [0.29, 0.717) is 23.8 Å².